The third kappa shape index (κ3) is 1.84. The number of nitrogens with two attached hydrogens (primary N) is 1. The van der Waals surface area contributed by atoms with Crippen molar-refractivity contribution in [1.82, 2.24) is 0 Å². The maximum Gasteiger partial charge on any atom is 0.163 e. The van der Waals surface area contributed by atoms with Crippen LogP contribution in [-0.2, 0) is 10.3 Å². The van der Waals surface area contributed by atoms with Crippen molar-refractivity contribution in [2.75, 3.05) is 13.2 Å². The van der Waals surface area contributed by atoms with Gasteiger partial charge in [0.2, 0.25) is 0 Å². The first-order valence-electron chi connectivity index (χ1n) is 5.46. The van der Waals surface area contributed by atoms with Gasteiger partial charge in [-0.05, 0) is 13.0 Å². The molecule has 17 heavy (non-hydrogen) atoms. The molecule has 0 radical (unpaired) electrons. The molecule has 0 spiro atoms. The lowest BCUT2D eigenvalue weighted by atomic mass is 9.79. The second-order valence-corrected chi connectivity index (χ2v) is 4.45. The highest BCUT2D eigenvalue weighted by atomic mass is 19.2. The summed E-state index contributed by atoms with van der Waals surface area (Å²) in [4.78, 5) is 0. The van der Waals surface area contributed by atoms with Gasteiger partial charge in [-0.3, -0.25) is 0 Å². The Morgan fingerprint density at radius 3 is 2.88 bits per heavy atom. The van der Waals surface area contributed by atoms with Gasteiger partial charge in [-0.2, -0.15) is 0 Å². The van der Waals surface area contributed by atoms with Gasteiger partial charge in [0.05, 0.1) is 24.9 Å². The average Bonchev–Trinajstić information content (AvgIpc) is 2.59. The molecule has 1 aliphatic heterocycles. The molecule has 0 bridgehead atoms. The van der Waals surface area contributed by atoms with E-state index in [2.05, 4.69) is 0 Å². The molecule has 1 aromatic rings. The van der Waals surface area contributed by atoms with Gasteiger partial charge in [0.15, 0.2) is 11.6 Å². The summed E-state index contributed by atoms with van der Waals surface area (Å²) in [6.07, 6.45) is -0.285. The number of hydrogen-bond donors (Lipinski definition) is 2. The first kappa shape index (κ1) is 12.4. The molecule has 0 aromatic heterocycles. The van der Waals surface area contributed by atoms with Crippen molar-refractivity contribution in [3.8, 4) is 0 Å². The molecule has 1 aromatic carbocycles. The SMILES string of the molecule is C[C@H]1OCC(N)(c2cccc(F)c2F)C1CO. The Morgan fingerprint density at radius 1 is 1.53 bits per heavy atom. The van der Waals surface area contributed by atoms with Crippen molar-refractivity contribution < 1.29 is 18.6 Å². The second kappa shape index (κ2) is 4.33. The Hall–Kier alpha value is -1.04. The summed E-state index contributed by atoms with van der Waals surface area (Å²) in [7, 11) is 0. The van der Waals surface area contributed by atoms with Crippen LogP contribution in [0.2, 0.25) is 0 Å². The lowest BCUT2D eigenvalue weighted by molar-refractivity contribution is 0.0861. The number of aliphatic hydroxyl groups excluding tert-OH is 1. The lowest BCUT2D eigenvalue weighted by Gasteiger charge is -2.30. The van der Waals surface area contributed by atoms with Crippen molar-refractivity contribution in [1.29, 1.82) is 0 Å². The molecule has 1 saturated heterocycles. The number of rotatable bonds is 2. The number of aliphatic hydroxyl groups is 1. The van der Waals surface area contributed by atoms with Gasteiger partial charge in [-0.1, -0.05) is 12.1 Å². The molecule has 1 aliphatic rings. The Kier molecular flexibility index (Phi) is 3.16. The van der Waals surface area contributed by atoms with E-state index >= 15 is 0 Å². The van der Waals surface area contributed by atoms with E-state index in [-0.39, 0.29) is 24.9 Å². The van der Waals surface area contributed by atoms with Crippen molar-refractivity contribution >= 4 is 0 Å². The first-order valence-corrected chi connectivity index (χ1v) is 5.46. The van der Waals surface area contributed by atoms with Crippen LogP contribution in [0.4, 0.5) is 8.78 Å². The van der Waals surface area contributed by atoms with Gasteiger partial charge < -0.3 is 15.6 Å². The lowest BCUT2D eigenvalue weighted by Crippen LogP contribution is -2.47. The average molecular weight is 243 g/mol. The van der Waals surface area contributed by atoms with Crippen LogP contribution in [0.1, 0.15) is 12.5 Å². The second-order valence-electron chi connectivity index (χ2n) is 4.45. The minimum absolute atomic E-state index is 0.0564. The Morgan fingerprint density at radius 2 is 2.24 bits per heavy atom. The third-order valence-electron chi connectivity index (χ3n) is 3.46. The van der Waals surface area contributed by atoms with Crippen LogP contribution in [0.15, 0.2) is 18.2 Å². The molecule has 3 atom stereocenters. The van der Waals surface area contributed by atoms with E-state index < -0.39 is 23.1 Å². The van der Waals surface area contributed by atoms with Crippen LogP contribution in [0.5, 0.6) is 0 Å². The molecule has 1 heterocycles. The maximum atomic E-state index is 13.7. The summed E-state index contributed by atoms with van der Waals surface area (Å²) in [5, 5.41) is 9.32. The van der Waals surface area contributed by atoms with E-state index in [4.69, 9.17) is 10.5 Å². The van der Waals surface area contributed by atoms with Crippen LogP contribution >= 0.6 is 0 Å². The van der Waals surface area contributed by atoms with Crippen LogP contribution in [0.3, 0.4) is 0 Å². The number of halogens is 2. The van der Waals surface area contributed by atoms with Crippen LogP contribution in [0, 0.1) is 17.6 Å². The largest absolute Gasteiger partial charge is 0.396 e. The van der Waals surface area contributed by atoms with Crippen LogP contribution in [0.25, 0.3) is 0 Å². The van der Waals surface area contributed by atoms with Crippen molar-refractivity contribution in [2.24, 2.45) is 11.7 Å². The molecule has 5 heteroatoms. The summed E-state index contributed by atoms with van der Waals surface area (Å²) < 4.78 is 32.3. The molecule has 3 nitrogen and oxygen atoms in total. The zero-order valence-corrected chi connectivity index (χ0v) is 9.49. The highest BCUT2D eigenvalue weighted by Gasteiger charge is 2.47. The molecule has 0 aliphatic carbocycles. The standard InChI is InChI=1S/C12H15F2NO2/c1-7-9(5-16)12(15,6-17-7)8-3-2-4-10(13)11(8)14/h2-4,7,9,16H,5-6,15H2,1H3/t7-,9?,12?/m1/s1. The first-order chi connectivity index (χ1) is 8.00. The summed E-state index contributed by atoms with van der Waals surface area (Å²) in [5.41, 5.74) is 4.98. The van der Waals surface area contributed by atoms with E-state index in [0.717, 1.165) is 6.07 Å². The van der Waals surface area contributed by atoms with E-state index in [9.17, 15) is 13.9 Å². The molecule has 2 unspecified atom stereocenters. The topological polar surface area (TPSA) is 55.5 Å². The summed E-state index contributed by atoms with van der Waals surface area (Å²) in [5.74, 6) is -2.35. The Balaban J connectivity index is 2.48. The molecule has 94 valence electrons. The normalized spacial score (nSPS) is 33.0. The summed E-state index contributed by atoms with van der Waals surface area (Å²) >= 11 is 0. The fourth-order valence-electron chi connectivity index (χ4n) is 2.36. The van der Waals surface area contributed by atoms with Gasteiger partial charge in [-0.25, -0.2) is 8.78 Å². The minimum atomic E-state index is -1.18. The third-order valence-corrected chi connectivity index (χ3v) is 3.46. The maximum absolute atomic E-state index is 13.7. The quantitative estimate of drug-likeness (QED) is 0.819. The molecule has 0 saturated carbocycles. The summed E-state index contributed by atoms with van der Waals surface area (Å²) in [6, 6.07) is 3.87. The van der Waals surface area contributed by atoms with E-state index in [1.54, 1.807) is 6.92 Å². The van der Waals surface area contributed by atoms with E-state index in [1.165, 1.54) is 12.1 Å². The Labute approximate surface area is 98.2 Å². The van der Waals surface area contributed by atoms with Crippen LogP contribution in [-0.4, -0.2) is 24.4 Å². The van der Waals surface area contributed by atoms with E-state index in [0.29, 0.717) is 0 Å². The fourth-order valence-corrected chi connectivity index (χ4v) is 2.36. The number of hydrogen-bond acceptors (Lipinski definition) is 3. The van der Waals surface area contributed by atoms with Crippen LogP contribution < -0.4 is 5.73 Å². The number of benzene rings is 1. The molecular weight excluding hydrogens is 228 g/mol. The van der Waals surface area contributed by atoms with E-state index in [1.807, 2.05) is 0 Å². The molecule has 2 rings (SSSR count). The van der Waals surface area contributed by atoms with Crippen molar-refractivity contribution in [2.45, 2.75) is 18.6 Å². The molecule has 0 amide bonds. The Bertz CT molecular complexity index is 427. The van der Waals surface area contributed by atoms with Gasteiger partial charge in [0.1, 0.15) is 0 Å². The molecule has 3 N–H and O–H groups in total. The predicted molar refractivity (Wildman–Crippen MR) is 58.2 cm³/mol. The van der Waals surface area contributed by atoms with Gasteiger partial charge in [-0.15, -0.1) is 0 Å². The predicted octanol–water partition coefficient (Wildman–Crippen LogP) is 1.15. The van der Waals surface area contributed by atoms with Gasteiger partial charge in [0.25, 0.3) is 0 Å². The fraction of sp³-hybridized carbons (Fsp3) is 0.500. The number of ether oxygens (including phenoxy) is 1. The monoisotopic (exact) mass is 243 g/mol. The van der Waals surface area contributed by atoms with Gasteiger partial charge >= 0.3 is 0 Å². The smallest absolute Gasteiger partial charge is 0.163 e. The minimum Gasteiger partial charge on any atom is -0.396 e. The highest BCUT2D eigenvalue weighted by Crippen LogP contribution is 2.38. The summed E-state index contributed by atoms with van der Waals surface area (Å²) in [6.45, 7) is 1.60. The van der Waals surface area contributed by atoms with Gasteiger partial charge in [0, 0.05) is 11.5 Å². The van der Waals surface area contributed by atoms with Crippen molar-refractivity contribution in [3.05, 3.63) is 35.4 Å². The highest BCUT2D eigenvalue weighted by molar-refractivity contribution is 5.29. The zero-order valence-electron chi connectivity index (χ0n) is 9.49. The zero-order chi connectivity index (χ0) is 12.6. The van der Waals surface area contributed by atoms with Crippen molar-refractivity contribution in [3.63, 3.8) is 0 Å². The molecular formula is C12H15F2NO2. The molecule has 1 fully saturated rings.